The van der Waals surface area contributed by atoms with Crippen molar-refractivity contribution in [2.75, 3.05) is 6.54 Å². The Morgan fingerprint density at radius 3 is 2.35 bits per heavy atom. The number of nitrogens with one attached hydrogen (secondary N) is 1. The van der Waals surface area contributed by atoms with Crippen molar-refractivity contribution in [2.24, 2.45) is 0 Å². The lowest BCUT2D eigenvalue weighted by Crippen LogP contribution is -2.37. The van der Waals surface area contributed by atoms with Gasteiger partial charge in [0.25, 0.3) is 0 Å². The highest BCUT2D eigenvalue weighted by atomic mass is 35.5. The van der Waals surface area contributed by atoms with Crippen molar-refractivity contribution in [1.82, 2.24) is 5.32 Å². The topological polar surface area (TPSA) is 12.0 Å². The van der Waals surface area contributed by atoms with Crippen LogP contribution in [0.15, 0.2) is 54.6 Å². The zero-order valence-electron chi connectivity index (χ0n) is 12.4. The minimum Gasteiger partial charge on any atom is -0.309 e. The summed E-state index contributed by atoms with van der Waals surface area (Å²) >= 11 is 6.16. The summed E-state index contributed by atoms with van der Waals surface area (Å²) in [5.74, 6) is 0. The predicted octanol–water partition coefficient (Wildman–Crippen LogP) is 4.97. The quantitative estimate of drug-likeness (QED) is 0.819. The zero-order chi connectivity index (χ0) is 14.6. The Morgan fingerprint density at radius 1 is 1.05 bits per heavy atom. The van der Waals surface area contributed by atoms with Gasteiger partial charge < -0.3 is 5.32 Å². The van der Waals surface area contributed by atoms with Crippen LogP contribution < -0.4 is 5.32 Å². The third-order valence-corrected chi connectivity index (χ3v) is 4.06. The Balaban J connectivity index is 2.42. The van der Waals surface area contributed by atoms with E-state index >= 15 is 0 Å². The molecule has 0 radical (unpaired) electrons. The fourth-order valence-corrected chi connectivity index (χ4v) is 2.91. The first kappa shape index (κ1) is 15.1. The number of likely N-dealkylation sites (N-methyl/N-ethyl adjacent to an activating group) is 1. The summed E-state index contributed by atoms with van der Waals surface area (Å²) in [5.41, 5.74) is 2.54. The van der Waals surface area contributed by atoms with Crippen molar-refractivity contribution < 1.29 is 0 Å². The lowest BCUT2D eigenvalue weighted by molar-refractivity contribution is 0.354. The number of hydrogen-bond acceptors (Lipinski definition) is 1. The first-order valence-electron chi connectivity index (χ1n) is 7.10. The molecule has 0 aliphatic carbocycles. The summed E-state index contributed by atoms with van der Waals surface area (Å²) in [6.07, 6.45) is 0. The van der Waals surface area contributed by atoms with E-state index in [-0.39, 0.29) is 11.5 Å². The van der Waals surface area contributed by atoms with Crippen LogP contribution in [0.3, 0.4) is 0 Å². The van der Waals surface area contributed by atoms with Gasteiger partial charge in [0.05, 0.1) is 0 Å². The van der Waals surface area contributed by atoms with Crippen LogP contribution in [0.25, 0.3) is 0 Å². The van der Waals surface area contributed by atoms with Gasteiger partial charge >= 0.3 is 0 Å². The van der Waals surface area contributed by atoms with Gasteiger partial charge in [-0.2, -0.15) is 0 Å². The van der Waals surface area contributed by atoms with Crippen molar-refractivity contribution in [3.8, 4) is 0 Å². The summed E-state index contributed by atoms with van der Waals surface area (Å²) in [5, 5.41) is 4.39. The normalized spacial score (nSPS) is 13.2. The molecule has 1 nitrogen and oxygen atoms in total. The van der Waals surface area contributed by atoms with Gasteiger partial charge in [0, 0.05) is 16.5 Å². The van der Waals surface area contributed by atoms with E-state index < -0.39 is 0 Å². The molecule has 2 aromatic rings. The SMILES string of the molecule is CCNC(c1cccc(Cl)c1)C(C)(C)c1ccccc1. The maximum Gasteiger partial charge on any atom is 0.0413 e. The second-order valence-corrected chi connectivity index (χ2v) is 6.07. The highest BCUT2D eigenvalue weighted by Crippen LogP contribution is 2.37. The minimum atomic E-state index is -0.0120. The molecule has 2 rings (SSSR count). The first-order chi connectivity index (χ1) is 9.55. The average Bonchev–Trinajstić information content (AvgIpc) is 2.45. The van der Waals surface area contributed by atoms with Gasteiger partial charge in [-0.05, 0) is 29.8 Å². The number of rotatable bonds is 5. The largest absolute Gasteiger partial charge is 0.309 e. The lowest BCUT2D eigenvalue weighted by Gasteiger charge is -2.36. The molecule has 0 saturated carbocycles. The molecule has 106 valence electrons. The highest BCUT2D eigenvalue weighted by molar-refractivity contribution is 6.30. The summed E-state index contributed by atoms with van der Waals surface area (Å²) in [7, 11) is 0. The molecule has 20 heavy (non-hydrogen) atoms. The second-order valence-electron chi connectivity index (χ2n) is 5.63. The molecule has 0 amide bonds. The monoisotopic (exact) mass is 287 g/mol. The Kier molecular flexibility index (Phi) is 4.85. The van der Waals surface area contributed by atoms with Crippen LogP contribution in [0.1, 0.15) is 37.9 Å². The van der Waals surface area contributed by atoms with Gasteiger partial charge in [-0.1, -0.05) is 74.8 Å². The lowest BCUT2D eigenvalue weighted by atomic mass is 9.75. The van der Waals surface area contributed by atoms with Crippen LogP contribution in [-0.4, -0.2) is 6.54 Å². The average molecular weight is 288 g/mol. The Morgan fingerprint density at radius 2 is 1.75 bits per heavy atom. The molecule has 0 aliphatic rings. The molecule has 2 heteroatoms. The predicted molar refractivity (Wildman–Crippen MR) is 87.3 cm³/mol. The third kappa shape index (κ3) is 3.23. The van der Waals surface area contributed by atoms with E-state index in [1.807, 2.05) is 12.1 Å². The molecule has 1 N–H and O–H groups in total. The molecule has 0 bridgehead atoms. The summed E-state index contributed by atoms with van der Waals surface area (Å²) in [6.45, 7) is 7.61. The molecule has 1 unspecified atom stereocenters. The van der Waals surface area contributed by atoms with Crippen LogP contribution in [0.4, 0.5) is 0 Å². The molecule has 0 fully saturated rings. The van der Waals surface area contributed by atoms with Crippen molar-refractivity contribution in [3.63, 3.8) is 0 Å². The summed E-state index contributed by atoms with van der Waals surface area (Å²) in [4.78, 5) is 0. The van der Waals surface area contributed by atoms with E-state index in [0.29, 0.717) is 0 Å². The Labute approximate surface area is 127 Å². The first-order valence-corrected chi connectivity index (χ1v) is 7.48. The molecule has 0 spiro atoms. The van der Waals surface area contributed by atoms with E-state index in [1.54, 1.807) is 0 Å². The number of hydrogen-bond donors (Lipinski definition) is 1. The van der Waals surface area contributed by atoms with Crippen LogP contribution in [-0.2, 0) is 5.41 Å². The van der Waals surface area contributed by atoms with Gasteiger partial charge in [-0.15, -0.1) is 0 Å². The van der Waals surface area contributed by atoms with E-state index in [4.69, 9.17) is 11.6 Å². The van der Waals surface area contributed by atoms with Crippen LogP contribution in [0, 0.1) is 0 Å². The highest BCUT2D eigenvalue weighted by Gasteiger charge is 2.31. The Bertz CT molecular complexity index is 548. The van der Waals surface area contributed by atoms with Crippen LogP contribution in [0.5, 0.6) is 0 Å². The molecule has 2 aromatic carbocycles. The van der Waals surface area contributed by atoms with Gasteiger partial charge in [-0.25, -0.2) is 0 Å². The van der Waals surface area contributed by atoms with Gasteiger partial charge in [0.15, 0.2) is 0 Å². The third-order valence-electron chi connectivity index (χ3n) is 3.83. The number of benzene rings is 2. The van der Waals surface area contributed by atoms with E-state index in [2.05, 4.69) is 68.6 Å². The van der Waals surface area contributed by atoms with Crippen LogP contribution >= 0.6 is 11.6 Å². The maximum absolute atomic E-state index is 6.16. The fraction of sp³-hybridized carbons (Fsp3) is 0.333. The number of halogens is 1. The minimum absolute atomic E-state index is 0.0120. The van der Waals surface area contributed by atoms with Crippen molar-refractivity contribution in [1.29, 1.82) is 0 Å². The standard InChI is InChI=1S/C18H22ClN/c1-4-20-17(14-9-8-12-16(19)13-14)18(2,3)15-10-6-5-7-11-15/h5-13,17,20H,4H2,1-3H3. The Hall–Kier alpha value is -1.31. The second kappa shape index (κ2) is 6.43. The molecule has 1 atom stereocenters. The smallest absolute Gasteiger partial charge is 0.0413 e. The summed E-state index contributed by atoms with van der Waals surface area (Å²) in [6, 6.07) is 19.0. The summed E-state index contributed by atoms with van der Waals surface area (Å²) < 4.78 is 0. The van der Waals surface area contributed by atoms with Gasteiger partial charge in [-0.3, -0.25) is 0 Å². The molecular formula is C18H22ClN. The molecule has 0 heterocycles. The fourth-order valence-electron chi connectivity index (χ4n) is 2.71. The maximum atomic E-state index is 6.16. The molecular weight excluding hydrogens is 266 g/mol. The van der Waals surface area contributed by atoms with E-state index in [0.717, 1.165) is 11.6 Å². The van der Waals surface area contributed by atoms with Crippen molar-refractivity contribution in [2.45, 2.75) is 32.2 Å². The van der Waals surface area contributed by atoms with Crippen LogP contribution in [0.2, 0.25) is 5.02 Å². The molecule has 0 aromatic heterocycles. The molecule has 0 saturated heterocycles. The van der Waals surface area contributed by atoms with Crippen molar-refractivity contribution >= 4 is 11.6 Å². The van der Waals surface area contributed by atoms with Crippen molar-refractivity contribution in [3.05, 3.63) is 70.7 Å². The molecule has 0 aliphatic heterocycles. The zero-order valence-corrected chi connectivity index (χ0v) is 13.1. The van der Waals surface area contributed by atoms with Gasteiger partial charge in [0.1, 0.15) is 0 Å². The van der Waals surface area contributed by atoms with E-state index in [9.17, 15) is 0 Å². The van der Waals surface area contributed by atoms with Gasteiger partial charge in [0.2, 0.25) is 0 Å². The van der Waals surface area contributed by atoms with E-state index in [1.165, 1.54) is 11.1 Å².